The number of anilines is 2. The molecule has 5 nitrogen and oxygen atoms in total. The summed E-state index contributed by atoms with van der Waals surface area (Å²) in [7, 11) is 0. The molecule has 0 saturated carbocycles. The van der Waals surface area contributed by atoms with Crippen LogP contribution < -0.4 is 16.2 Å². The van der Waals surface area contributed by atoms with Crippen molar-refractivity contribution in [1.82, 2.24) is 9.97 Å². The number of halogens is 1. The lowest BCUT2D eigenvalue weighted by Crippen LogP contribution is -2.25. The first-order chi connectivity index (χ1) is 9.24. The molecule has 0 aliphatic rings. The number of benzene rings is 1. The Morgan fingerprint density at radius 3 is 2.68 bits per heavy atom. The van der Waals surface area contributed by atoms with Gasteiger partial charge in [-0.1, -0.05) is 30.3 Å². The van der Waals surface area contributed by atoms with E-state index in [0.29, 0.717) is 13.1 Å². The summed E-state index contributed by atoms with van der Waals surface area (Å²) in [5, 5.41) is 0. The zero-order chi connectivity index (χ0) is 13.7. The first-order valence-corrected chi connectivity index (χ1v) is 6.02. The van der Waals surface area contributed by atoms with Gasteiger partial charge < -0.3 is 4.90 Å². The molecule has 1 aromatic carbocycles. The van der Waals surface area contributed by atoms with Crippen LogP contribution in [0, 0.1) is 5.82 Å². The van der Waals surface area contributed by atoms with Crippen molar-refractivity contribution in [2.75, 3.05) is 16.9 Å². The molecule has 0 aliphatic heterocycles. The van der Waals surface area contributed by atoms with Crippen LogP contribution in [-0.2, 0) is 6.54 Å². The molecular formula is C13H16FN5. The Balaban J connectivity index is 2.26. The van der Waals surface area contributed by atoms with E-state index in [-0.39, 0.29) is 11.8 Å². The Labute approximate surface area is 111 Å². The van der Waals surface area contributed by atoms with E-state index in [0.717, 1.165) is 11.8 Å². The van der Waals surface area contributed by atoms with E-state index in [1.54, 1.807) is 0 Å². The minimum Gasteiger partial charge on any atom is -0.350 e. The second kappa shape index (κ2) is 6.10. The van der Waals surface area contributed by atoms with Crippen molar-refractivity contribution in [3.8, 4) is 0 Å². The fourth-order valence-corrected chi connectivity index (χ4v) is 1.79. The van der Waals surface area contributed by atoms with Gasteiger partial charge in [-0.3, -0.25) is 5.43 Å². The Bertz CT molecular complexity index is 532. The van der Waals surface area contributed by atoms with Crippen LogP contribution in [-0.4, -0.2) is 16.5 Å². The maximum atomic E-state index is 13.8. The molecule has 0 saturated heterocycles. The fraction of sp³-hybridized carbons (Fsp3) is 0.231. The molecule has 0 radical (unpaired) electrons. The molecule has 100 valence electrons. The zero-order valence-corrected chi connectivity index (χ0v) is 10.7. The monoisotopic (exact) mass is 261 g/mol. The fourth-order valence-electron chi connectivity index (χ4n) is 1.79. The zero-order valence-electron chi connectivity index (χ0n) is 10.7. The highest BCUT2D eigenvalue weighted by atomic mass is 19.1. The van der Waals surface area contributed by atoms with Gasteiger partial charge in [0.2, 0.25) is 5.95 Å². The van der Waals surface area contributed by atoms with Gasteiger partial charge in [-0.25, -0.2) is 15.2 Å². The molecular weight excluding hydrogens is 245 g/mol. The van der Waals surface area contributed by atoms with Gasteiger partial charge in [0.25, 0.3) is 0 Å². The van der Waals surface area contributed by atoms with Gasteiger partial charge in [-0.15, -0.1) is 0 Å². The highest BCUT2D eigenvalue weighted by Crippen LogP contribution is 2.19. The number of hydrogen-bond donors (Lipinski definition) is 2. The summed E-state index contributed by atoms with van der Waals surface area (Å²) in [4.78, 5) is 9.62. The van der Waals surface area contributed by atoms with Gasteiger partial charge in [0.1, 0.15) is 0 Å². The van der Waals surface area contributed by atoms with Crippen LogP contribution in [0.2, 0.25) is 0 Å². The van der Waals surface area contributed by atoms with Crippen molar-refractivity contribution >= 4 is 11.8 Å². The average molecular weight is 261 g/mol. The predicted molar refractivity (Wildman–Crippen MR) is 73.0 cm³/mol. The molecule has 0 aliphatic carbocycles. The van der Waals surface area contributed by atoms with Crippen LogP contribution >= 0.6 is 0 Å². The number of nitrogens with two attached hydrogens (primary N) is 1. The third-order valence-electron chi connectivity index (χ3n) is 2.75. The Morgan fingerprint density at radius 2 is 2.05 bits per heavy atom. The molecule has 0 bridgehead atoms. The van der Waals surface area contributed by atoms with E-state index < -0.39 is 5.82 Å². The normalized spacial score (nSPS) is 10.3. The van der Waals surface area contributed by atoms with Gasteiger partial charge >= 0.3 is 0 Å². The van der Waals surface area contributed by atoms with E-state index in [1.807, 2.05) is 42.2 Å². The van der Waals surface area contributed by atoms with Crippen molar-refractivity contribution < 1.29 is 4.39 Å². The van der Waals surface area contributed by atoms with Crippen molar-refractivity contribution in [2.24, 2.45) is 5.84 Å². The average Bonchev–Trinajstić information content (AvgIpc) is 2.47. The minimum absolute atomic E-state index is 0.197. The molecule has 0 amide bonds. The first kappa shape index (κ1) is 13.2. The van der Waals surface area contributed by atoms with Gasteiger partial charge in [0.15, 0.2) is 11.6 Å². The van der Waals surface area contributed by atoms with Crippen molar-refractivity contribution in [3.63, 3.8) is 0 Å². The van der Waals surface area contributed by atoms with Crippen LogP contribution in [0.15, 0.2) is 36.5 Å². The summed E-state index contributed by atoms with van der Waals surface area (Å²) in [6.07, 6.45) is 1.12. The summed E-state index contributed by atoms with van der Waals surface area (Å²) in [5.41, 5.74) is 3.41. The smallest absolute Gasteiger partial charge is 0.239 e. The molecule has 0 spiro atoms. The van der Waals surface area contributed by atoms with Crippen LogP contribution in [0.1, 0.15) is 12.5 Å². The van der Waals surface area contributed by atoms with E-state index >= 15 is 0 Å². The maximum absolute atomic E-state index is 13.8. The maximum Gasteiger partial charge on any atom is 0.239 e. The number of hydrazine groups is 1. The third-order valence-corrected chi connectivity index (χ3v) is 2.75. The van der Waals surface area contributed by atoms with E-state index in [4.69, 9.17) is 5.84 Å². The Kier molecular flexibility index (Phi) is 4.25. The quantitative estimate of drug-likeness (QED) is 0.636. The molecule has 0 atom stereocenters. The van der Waals surface area contributed by atoms with E-state index in [2.05, 4.69) is 15.4 Å². The predicted octanol–water partition coefficient (Wildman–Crippen LogP) is 1.93. The third kappa shape index (κ3) is 3.17. The summed E-state index contributed by atoms with van der Waals surface area (Å²) < 4.78 is 13.8. The Hall–Kier alpha value is -2.21. The molecule has 3 N–H and O–H groups in total. The number of hydrogen-bond acceptors (Lipinski definition) is 5. The van der Waals surface area contributed by atoms with Crippen LogP contribution in [0.25, 0.3) is 0 Å². The lowest BCUT2D eigenvalue weighted by Gasteiger charge is -2.22. The molecule has 0 fully saturated rings. The first-order valence-electron chi connectivity index (χ1n) is 6.02. The summed E-state index contributed by atoms with van der Waals surface area (Å²) in [6.45, 7) is 3.15. The molecule has 6 heteroatoms. The lowest BCUT2D eigenvalue weighted by molar-refractivity contribution is 0.602. The summed E-state index contributed by atoms with van der Waals surface area (Å²) in [5.74, 6) is 5.23. The standard InChI is InChI=1S/C13H16FN5/c1-2-19(9-10-6-4-3-5-7-10)12-11(14)8-16-13(17-12)18-15/h3-8H,2,9,15H2,1H3,(H,16,17,18). The van der Waals surface area contributed by atoms with Gasteiger partial charge in [0, 0.05) is 13.1 Å². The molecule has 1 heterocycles. The lowest BCUT2D eigenvalue weighted by atomic mass is 10.2. The van der Waals surface area contributed by atoms with Crippen LogP contribution in [0.5, 0.6) is 0 Å². The summed E-state index contributed by atoms with van der Waals surface area (Å²) in [6, 6.07) is 9.83. The molecule has 1 aromatic heterocycles. The van der Waals surface area contributed by atoms with Gasteiger partial charge in [-0.2, -0.15) is 4.98 Å². The molecule has 2 rings (SSSR count). The number of nitrogen functional groups attached to an aromatic ring is 1. The highest BCUT2D eigenvalue weighted by Gasteiger charge is 2.13. The van der Waals surface area contributed by atoms with Crippen molar-refractivity contribution in [1.29, 1.82) is 0 Å². The second-order valence-corrected chi connectivity index (χ2v) is 4.01. The number of nitrogens with zero attached hydrogens (tertiary/aromatic N) is 3. The van der Waals surface area contributed by atoms with E-state index in [1.165, 1.54) is 0 Å². The molecule has 0 unspecified atom stereocenters. The van der Waals surface area contributed by atoms with Crippen LogP contribution in [0.3, 0.4) is 0 Å². The number of nitrogens with one attached hydrogen (secondary N) is 1. The van der Waals surface area contributed by atoms with Crippen molar-refractivity contribution in [2.45, 2.75) is 13.5 Å². The van der Waals surface area contributed by atoms with Crippen molar-refractivity contribution in [3.05, 3.63) is 47.9 Å². The second-order valence-electron chi connectivity index (χ2n) is 4.01. The van der Waals surface area contributed by atoms with E-state index in [9.17, 15) is 4.39 Å². The molecule has 19 heavy (non-hydrogen) atoms. The number of aromatic nitrogens is 2. The largest absolute Gasteiger partial charge is 0.350 e. The highest BCUT2D eigenvalue weighted by molar-refractivity contribution is 5.44. The van der Waals surface area contributed by atoms with Gasteiger partial charge in [-0.05, 0) is 12.5 Å². The Morgan fingerprint density at radius 1 is 1.32 bits per heavy atom. The van der Waals surface area contributed by atoms with Gasteiger partial charge in [0.05, 0.1) is 6.20 Å². The van der Waals surface area contributed by atoms with Crippen LogP contribution in [0.4, 0.5) is 16.2 Å². The number of rotatable bonds is 5. The SMILES string of the molecule is CCN(Cc1ccccc1)c1nc(NN)ncc1F. The minimum atomic E-state index is -0.461. The summed E-state index contributed by atoms with van der Waals surface area (Å²) >= 11 is 0. The topological polar surface area (TPSA) is 67.1 Å². The molecule has 2 aromatic rings.